The predicted octanol–water partition coefficient (Wildman–Crippen LogP) is 2.97. The molecule has 13 nitrogen and oxygen atoms in total. The Morgan fingerprint density at radius 3 is 2.37 bits per heavy atom. The van der Waals surface area contributed by atoms with E-state index in [1.165, 1.54) is 4.90 Å². The average Bonchev–Trinajstić information content (AvgIpc) is 3.37. The molecular formula is C38H40N6O7. The molecule has 0 bridgehead atoms. The van der Waals surface area contributed by atoms with Gasteiger partial charge in [0.2, 0.25) is 11.8 Å². The summed E-state index contributed by atoms with van der Waals surface area (Å²) >= 11 is 0. The molecule has 13 heteroatoms. The van der Waals surface area contributed by atoms with Crippen LogP contribution in [0.3, 0.4) is 0 Å². The number of imide groups is 1. The first kappa shape index (κ1) is 32.9. The van der Waals surface area contributed by atoms with Gasteiger partial charge in [-0.2, -0.15) is 0 Å². The molecule has 51 heavy (non-hydrogen) atoms. The maximum Gasteiger partial charge on any atom is 0.259 e. The first-order valence-corrected chi connectivity index (χ1v) is 17.2. The highest BCUT2D eigenvalue weighted by atomic mass is 16.5. The van der Waals surface area contributed by atoms with Crippen molar-refractivity contribution in [3.8, 4) is 22.6 Å². The van der Waals surface area contributed by atoms with Gasteiger partial charge < -0.3 is 24.0 Å². The monoisotopic (exact) mass is 692 g/mol. The number of fused-ring (bicyclic) bond motifs is 2. The number of nitrogens with zero attached hydrogens (tertiary/aromatic N) is 5. The van der Waals surface area contributed by atoms with Crippen LogP contribution in [0.2, 0.25) is 0 Å². The van der Waals surface area contributed by atoms with Gasteiger partial charge in [-0.15, -0.1) is 0 Å². The number of likely N-dealkylation sites (tertiary alicyclic amines) is 1. The van der Waals surface area contributed by atoms with Crippen LogP contribution >= 0.6 is 0 Å². The number of anilines is 1. The minimum Gasteiger partial charge on any atom is -0.496 e. The number of aryl methyl sites for hydroxylation is 1. The van der Waals surface area contributed by atoms with Crippen molar-refractivity contribution in [2.45, 2.75) is 44.5 Å². The predicted molar refractivity (Wildman–Crippen MR) is 188 cm³/mol. The zero-order valence-corrected chi connectivity index (χ0v) is 28.8. The van der Waals surface area contributed by atoms with Crippen molar-refractivity contribution in [2.24, 2.45) is 12.5 Å². The lowest BCUT2D eigenvalue weighted by Crippen LogP contribution is -2.60. The molecule has 8 rings (SSSR count). The van der Waals surface area contributed by atoms with Crippen molar-refractivity contribution in [2.75, 3.05) is 45.3 Å². The summed E-state index contributed by atoms with van der Waals surface area (Å²) < 4.78 is 13.4. The van der Waals surface area contributed by atoms with E-state index in [0.29, 0.717) is 23.1 Å². The minimum atomic E-state index is -1.22. The number of rotatable bonds is 7. The van der Waals surface area contributed by atoms with Crippen LogP contribution in [0, 0.1) is 5.41 Å². The van der Waals surface area contributed by atoms with Crippen LogP contribution in [0.4, 0.5) is 5.69 Å². The number of piperidine rings is 2. The Balaban J connectivity index is 0.938. The van der Waals surface area contributed by atoms with Gasteiger partial charge in [0.05, 0.1) is 25.2 Å². The van der Waals surface area contributed by atoms with Gasteiger partial charge in [-0.25, -0.2) is 0 Å². The number of ether oxygens (including phenoxy) is 2. The molecule has 2 unspecified atom stereocenters. The summed E-state index contributed by atoms with van der Waals surface area (Å²) in [6, 6.07) is 10.5. The Morgan fingerprint density at radius 2 is 1.69 bits per heavy atom. The van der Waals surface area contributed by atoms with E-state index in [-0.39, 0.29) is 29.7 Å². The molecule has 4 aromatic rings. The summed E-state index contributed by atoms with van der Waals surface area (Å²) in [7, 11) is 5.07. The number of hydrogen-bond acceptors (Lipinski definition) is 10. The number of aromatic nitrogens is 2. The molecule has 264 valence electrons. The Hall–Kier alpha value is -5.27. The van der Waals surface area contributed by atoms with Gasteiger partial charge in [0.1, 0.15) is 17.5 Å². The normalized spacial score (nSPS) is 21.5. The van der Waals surface area contributed by atoms with Crippen molar-refractivity contribution in [1.29, 1.82) is 0 Å². The summed E-state index contributed by atoms with van der Waals surface area (Å²) in [5.74, 6) is 0.140. The van der Waals surface area contributed by atoms with Crippen LogP contribution in [0.1, 0.15) is 53.4 Å². The fourth-order valence-electron chi connectivity index (χ4n) is 8.32. The van der Waals surface area contributed by atoms with Crippen LogP contribution < -0.4 is 25.2 Å². The summed E-state index contributed by atoms with van der Waals surface area (Å²) in [5.41, 5.74) is 4.63. The number of hydrogen-bond donors (Lipinski definition) is 2. The van der Waals surface area contributed by atoms with E-state index < -0.39 is 24.1 Å². The summed E-state index contributed by atoms with van der Waals surface area (Å²) in [4.78, 5) is 60.3. The highest BCUT2D eigenvalue weighted by molar-refractivity contribution is 6.06. The third kappa shape index (κ3) is 5.51. The molecular weight excluding hydrogens is 652 g/mol. The first-order chi connectivity index (χ1) is 24.6. The van der Waals surface area contributed by atoms with Gasteiger partial charge in [-0.1, -0.05) is 6.07 Å². The zero-order valence-electron chi connectivity index (χ0n) is 28.8. The first-order valence-electron chi connectivity index (χ1n) is 17.2. The van der Waals surface area contributed by atoms with Crippen molar-refractivity contribution in [3.63, 3.8) is 0 Å². The molecule has 3 saturated heterocycles. The smallest absolute Gasteiger partial charge is 0.259 e. The number of benzene rings is 2. The number of nitrogens with one attached hydrogen (secondary N) is 1. The molecule has 6 heterocycles. The topological polar surface area (TPSA) is 147 Å². The molecule has 0 aliphatic carbocycles. The lowest BCUT2D eigenvalue weighted by molar-refractivity contribution is -0.139. The third-order valence-corrected chi connectivity index (χ3v) is 11.2. The molecule has 1 spiro atoms. The SMILES string of the molecule is COc1cc(-c2cn(C)c(=O)c3cnccc23)cc(OC)c1CN1CCC2(CC1)CN(c1ccc3c(c1)C(=O)N(C1CCC(=O)NC1=O)C3O)C2. The van der Waals surface area contributed by atoms with Gasteiger partial charge >= 0.3 is 0 Å². The van der Waals surface area contributed by atoms with Gasteiger partial charge in [0.25, 0.3) is 11.5 Å². The van der Waals surface area contributed by atoms with Crippen LogP contribution in [0.5, 0.6) is 11.5 Å². The van der Waals surface area contributed by atoms with Gasteiger partial charge in [0, 0.05) is 79.5 Å². The largest absolute Gasteiger partial charge is 0.496 e. The fraction of sp³-hybridized carbons (Fsp3) is 0.395. The van der Waals surface area contributed by atoms with E-state index in [0.717, 1.165) is 78.3 Å². The van der Waals surface area contributed by atoms with E-state index in [1.54, 1.807) is 44.3 Å². The molecule has 0 saturated carbocycles. The van der Waals surface area contributed by atoms with Crippen LogP contribution in [0.15, 0.2) is 59.8 Å². The second-order valence-corrected chi connectivity index (χ2v) is 14.2. The Morgan fingerprint density at radius 1 is 0.961 bits per heavy atom. The van der Waals surface area contributed by atoms with Crippen molar-refractivity contribution >= 4 is 34.2 Å². The number of amides is 3. The number of carbonyl (C=O) groups excluding carboxylic acids is 3. The maximum atomic E-state index is 13.4. The van der Waals surface area contributed by atoms with Gasteiger partial charge in [-0.3, -0.25) is 39.3 Å². The fourth-order valence-corrected chi connectivity index (χ4v) is 8.32. The minimum absolute atomic E-state index is 0.101. The molecule has 3 amide bonds. The molecule has 2 aromatic heterocycles. The number of pyridine rings is 2. The van der Waals surface area contributed by atoms with E-state index in [4.69, 9.17) is 9.47 Å². The molecule has 2 N–H and O–H groups in total. The Kier molecular flexibility index (Phi) is 8.06. The summed E-state index contributed by atoms with van der Waals surface area (Å²) in [6.07, 6.45) is 6.27. The molecule has 2 aromatic carbocycles. The van der Waals surface area contributed by atoms with Crippen molar-refractivity contribution in [3.05, 3.63) is 82.0 Å². The lowest BCUT2D eigenvalue weighted by atomic mass is 9.71. The van der Waals surface area contributed by atoms with Gasteiger partial charge in [-0.05, 0) is 73.6 Å². The van der Waals surface area contributed by atoms with Crippen LogP contribution in [0.25, 0.3) is 21.9 Å². The summed E-state index contributed by atoms with van der Waals surface area (Å²) in [5, 5.41) is 14.6. The quantitative estimate of drug-likeness (QED) is 0.277. The second kappa shape index (κ2) is 12.5. The van der Waals surface area contributed by atoms with E-state index in [2.05, 4.69) is 20.1 Å². The highest BCUT2D eigenvalue weighted by Gasteiger charge is 2.47. The molecule has 2 atom stereocenters. The van der Waals surface area contributed by atoms with Crippen molar-refractivity contribution < 1.29 is 29.0 Å². The van der Waals surface area contributed by atoms with Crippen LogP contribution in [-0.2, 0) is 23.2 Å². The Labute approximate surface area is 294 Å². The van der Waals surface area contributed by atoms with E-state index in [1.807, 2.05) is 36.5 Å². The molecule has 0 radical (unpaired) electrons. The average molecular weight is 693 g/mol. The molecule has 4 aliphatic rings. The van der Waals surface area contributed by atoms with Gasteiger partial charge in [0.15, 0.2) is 6.23 Å². The molecule has 3 fully saturated rings. The van der Waals surface area contributed by atoms with E-state index in [9.17, 15) is 24.3 Å². The van der Waals surface area contributed by atoms with Crippen LogP contribution in [-0.4, -0.2) is 88.6 Å². The number of aliphatic hydroxyl groups excluding tert-OH is 1. The summed E-state index contributed by atoms with van der Waals surface area (Å²) in [6.45, 7) is 4.24. The standard InChI is InChI=1S/C38H40N6O7/c1-41-18-28(24-8-11-39-17-27(24)35(41)47)22-14-31(50-2)29(32(15-22)51-3)19-42-12-9-38(10-13-42)20-43(21-38)23-4-5-25-26(16-23)37(49)44(36(25)48)30-6-7-33(45)40-34(30)46/h4-5,8,11,14-18,30,36,48H,6-7,9-10,12-13,19-21H2,1-3H3,(H,40,45,46). The maximum absolute atomic E-state index is 13.4. The third-order valence-electron chi connectivity index (χ3n) is 11.2. The Bertz CT molecular complexity index is 2120. The highest BCUT2D eigenvalue weighted by Crippen LogP contribution is 2.45. The lowest BCUT2D eigenvalue weighted by Gasteiger charge is -2.55. The second-order valence-electron chi connectivity index (χ2n) is 14.2. The number of carbonyl (C=O) groups is 3. The zero-order chi connectivity index (χ0) is 35.6. The number of aliphatic hydroxyl groups is 1. The van der Waals surface area contributed by atoms with E-state index >= 15 is 0 Å². The molecule has 4 aliphatic heterocycles. The number of methoxy groups -OCH3 is 2. The van der Waals surface area contributed by atoms with Crippen molar-refractivity contribution in [1.82, 2.24) is 24.7 Å².